The Kier molecular flexibility index (Phi) is 12.6. The fourth-order valence-corrected chi connectivity index (χ4v) is 10.7. The van der Waals surface area contributed by atoms with Gasteiger partial charge >= 0.3 is 0 Å². The Bertz CT molecular complexity index is 1660. The highest BCUT2D eigenvalue weighted by Crippen LogP contribution is 2.64. The van der Waals surface area contributed by atoms with E-state index in [1.807, 2.05) is 0 Å². The molecule has 3 aromatic carbocycles. The van der Waals surface area contributed by atoms with Gasteiger partial charge in [0.25, 0.3) is 0 Å². The second-order valence-corrected chi connectivity index (χ2v) is 16.5. The maximum atomic E-state index is 14.4. The zero-order valence-electron chi connectivity index (χ0n) is 32.4. The van der Waals surface area contributed by atoms with Crippen molar-refractivity contribution in [1.82, 2.24) is 9.80 Å². The molecule has 0 radical (unpaired) electrons. The van der Waals surface area contributed by atoms with Crippen molar-refractivity contribution in [2.75, 3.05) is 26.7 Å². The predicted octanol–water partition coefficient (Wildman–Crippen LogP) is 9.30. The Morgan fingerprint density at radius 2 is 1.45 bits per heavy atom. The molecule has 0 aromatic heterocycles. The SMILES string of the molecule is COc1ccc2c3c1O[C@H]1[C@H](N(CCCCc4ccccc4)C(=O)CCCCCCCCCCc4ccccc4)CC[C@H]4[C@@H](C2)N(CC(C)=O)CC[C@@]341. The lowest BCUT2D eigenvalue weighted by molar-refractivity contribution is -0.143. The first-order chi connectivity index (χ1) is 26.0. The number of methoxy groups -OCH3 is 1. The number of carbonyl (C=O) groups is 2. The topological polar surface area (TPSA) is 59.1 Å². The molecule has 4 aliphatic rings. The Labute approximate surface area is 318 Å². The Morgan fingerprint density at radius 3 is 2.11 bits per heavy atom. The van der Waals surface area contributed by atoms with Gasteiger partial charge in [-0.1, -0.05) is 105 Å². The smallest absolute Gasteiger partial charge is 0.222 e. The Hall–Kier alpha value is -3.64. The van der Waals surface area contributed by atoms with E-state index in [-0.39, 0.29) is 23.3 Å². The van der Waals surface area contributed by atoms with E-state index < -0.39 is 0 Å². The van der Waals surface area contributed by atoms with E-state index in [1.165, 1.54) is 67.2 Å². The van der Waals surface area contributed by atoms with Gasteiger partial charge in [0.1, 0.15) is 11.9 Å². The third-order valence-corrected chi connectivity index (χ3v) is 13.2. The lowest BCUT2D eigenvalue weighted by Crippen LogP contribution is -2.69. The Morgan fingerprint density at radius 1 is 0.811 bits per heavy atom. The number of Topliss-reactive ketones (excluding diaryl/α,β-unsaturated/α-hetero) is 1. The van der Waals surface area contributed by atoms with Crippen molar-refractivity contribution in [1.29, 1.82) is 0 Å². The monoisotopic (exact) mass is 718 g/mol. The zero-order valence-corrected chi connectivity index (χ0v) is 32.4. The number of hydrogen-bond acceptors (Lipinski definition) is 5. The number of ketones is 1. The summed E-state index contributed by atoms with van der Waals surface area (Å²) in [6, 6.07) is 26.2. The maximum absolute atomic E-state index is 14.4. The summed E-state index contributed by atoms with van der Waals surface area (Å²) in [6.45, 7) is 3.91. The molecule has 6 heteroatoms. The van der Waals surface area contributed by atoms with Crippen LogP contribution in [-0.4, -0.2) is 66.4 Å². The van der Waals surface area contributed by atoms with Gasteiger partial charge < -0.3 is 14.4 Å². The highest BCUT2D eigenvalue weighted by atomic mass is 16.5. The van der Waals surface area contributed by atoms with Crippen LogP contribution in [0.25, 0.3) is 0 Å². The van der Waals surface area contributed by atoms with Gasteiger partial charge in [0.2, 0.25) is 5.91 Å². The van der Waals surface area contributed by atoms with Gasteiger partial charge in [0, 0.05) is 30.0 Å². The average Bonchev–Trinajstić information content (AvgIpc) is 3.52. The van der Waals surface area contributed by atoms with Crippen LogP contribution in [0, 0.1) is 5.92 Å². The van der Waals surface area contributed by atoms with Gasteiger partial charge in [-0.05, 0) is 106 Å². The van der Waals surface area contributed by atoms with Gasteiger partial charge in [-0.15, -0.1) is 0 Å². The van der Waals surface area contributed by atoms with Crippen molar-refractivity contribution in [3.63, 3.8) is 0 Å². The van der Waals surface area contributed by atoms with E-state index in [1.54, 1.807) is 14.0 Å². The number of aryl methyl sites for hydroxylation is 2. The third-order valence-electron chi connectivity index (χ3n) is 13.2. The largest absolute Gasteiger partial charge is 0.493 e. The van der Waals surface area contributed by atoms with Crippen molar-refractivity contribution in [2.24, 2.45) is 5.92 Å². The second-order valence-electron chi connectivity index (χ2n) is 16.5. The summed E-state index contributed by atoms with van der Waals surface area (Å²) in [7, 11) is 1.74. The van der Waals surface area contributed by atoms with Crippen LogP contribution in [0.15, 0.2) is 72.8 Å². The number of ether oxygens (including phenoxy) is 2. The van der Waals surface area contributed by atoms with Crippen LogP contribution in [0.5, 0.6) is 11.5 Å². The summed E-state index contributed by atoms with van der Waals surface area (Å²) in [5.41, 5.74) is 5.35. The van der Waals surface area contributed by atoms with Crippen molar-refractivity contribution >= 4 is 11.7 Å². The molecule has 1 saturated heterocycles. The number of hydrogen-bond donors (Lipinski definition) is 0. The van der Waals surface area contributed by atoms with Crippen LogP contribution < -0.4 is 9.47 Å². The normalized spacial score (nSPS) is 24.0. The van der Waals surface area contributed by atoms with E-state index in [0.29, 0.717) is 30.8 Å². The Balaban J connectivity index is 1.01. The van der Waals surface area contributed by atoms with E-state index in [9.17, 15) is 9.59 Å². The number of piperidine rings is 1. The number of amides is 1. The molecule has 284 valence electrons. The molecular formula is C47H62N2O4. The second kappa shape index (κ2) is 17.7. The summed E-state index contributed by atoms with van der Waals surface area (Å²) < 4.78 is 13.1. The van der Waals surface area contributed by atoms with Crippen LogP contribution in [0.3, 0.4) is 0 Å². The van der Waals surface area contributed by atoms with E-state index in [0.717, 1.165) is 82.4 Å². The number of benzene rings is 3. The van der Waals surface area contributed by atoms with Crippen molar-refractivity contribution in [3.05, 3.63) is 95.1 Å². The number of likely N-dealkylation sites (tertiary alicyclic amines) is 1. The third kappa shape index (κ3) is 8.23. The molecule has 2 bridgehead atoms. The fourth-order valence-electron chi connectivity index (χ4n) is 10.7. The molecule has 53 heavy (non-hydrogen) atoms. The molecule has 2 aliphatic heterocycles. The minimum atomic E-state index is -0.151. The van der Waals surface area contributed by atoms with Gasteiger partial charge in [0.15, 0.2) is 11.5 Å². The number of carbonyl (C=O) groups excluding carboxylic acids is 2. The van der Waals surface area contributed by atoms with Crippen molar-refractivity contribution in [2.45, 2.75) is 140 Å². The van der Waals surface area contributed by atoms with Crippen LogP contribution >= 0.6 is 0 Å². The van der Waals surface area contributed by atoms with Crippen LogP contribution in [0.1, 0.15) is 119 Å². The summed E-state index contributed by atoms with van der Waals surface area (Å²) in [5.74, 6) is 2.68. The van der Waals surface area contributed by atoms with Crippen molar-refractivity contribution < 1.29 is 19.1 Å². The average molecular weight is 719 g/mol. The molecule has 3 aromatic rings. The van der Waals surface area contributed by atoms with Gasteiger partial charge in [-0.25, -0.2) is 0 Å². The molecule has 6 nitrogen and oxygen atoms in total. The number of rotatable bonds is 20. The first-order valence-electron chi connectivity index (χ1n) is 21.0. The molecule has 1 amide bonds. The minimum Gasteiger partial charge on any atom is -0.493 e. The van der Waals surface area contributed by atoms with Crippen LogP contribution in [-0.2, 0) is 34.3 Å². The quantitative estimate of drug-likeness (QED) is 0.109. The zero-order chi connectivity index (χ0) is 36.6. The van der Waals surface area contributed by atoms with Crippen LogP contribution in [0.2, 0.25) is 0 Å². The summed E-state index contributed by atoms with van der Waals surface area (Å²) in [5, 5.41) is 0. The van der Waals surface area contributed by atoms with Gasteiger partial charge in [-0.3, -0.25) is 14.5 Å². The first kappa shape index (κ1) is 37.7. The molecule has 2 aliphatic carbocycles. The standard InChI is InChI=1S/C47H62N2O4/c1-35(50)34-48-32-30-47-39-27-28-40(46(47)53-45-42(52-2)29-26-38(44(45)47)33-41(39)48)49(31-18-17-24-37-22-14-10-15-23-37)43(51)25-16-8-6-4-3-5-7-11-19-36-20-12-9-13-21-36/h9-10,12-15,20-23,26,29,39-41,46H,3-8,11,16-19,24-25,27-28,30-34H2,1-2H3/t39-,40+,41+,46-,47-/m0/s1. The summed E-state index contributed by atoms with van der Waals surface area (Å²) in [4.78, 5) is 31.5. The van der Waals surface area contributed by atoms with Crippen molar-refractivity contribution in [3.8, 4) is 11.5 Å². The molecule has 7 rings (SSSR count). The minimum absolute atomic E-state index is 0.0365. The van der Waals surface area contributed by atoms with E-state index >= 15 is 0 Å². The highest BCUT2D eigenvalue weighted by molar-refractivity contribution is 5.78. The molecule has 2 heterocycles. The lowest BCUT2D eigenvalue weighted by atomic mass is 9.51. The summed E-state index contributed by atoms with van der Waals surface area (Å²) >= 11 is 0. The summed E-state index contributed by atoms with van der Waals surface area (Å²) in [6.07, 6.45) is 18.4. The molecule has 0 unspecified atom stereocenters. The fraction of sp³-hybridized carbons (Fsp3) is 0.574. The lowest BCUT2D eigenvalue weighted by Gasteiger charge is -2.60. The molecule has 0 N–H and O–H groups in total. The molecule has 1 saturated carbocycles. The van der Waals surface area contributed by atoms with E-state index in [2.05, 4.69) is 82.6 Å². The van der Waals surface area contributed by atoms with Gasteiger partial charge in [0.05, 0.1) is 19.7 Å². The van der Waals surface area contributed by atoms with Crippen LogP contribution in [0.4, 0.5) is 0 Å². The molecule has 2 fully saturated rings. The molecule has 5 atom stereocenters. The van der Waals surface area contributed by atoms with E-state index in [4.69, 9.17) is 9.47 Å². The first-order valence-corrected chi connectivity index (χ1v) is 21.0. The molecular weight excluding hydrogens is 657 g/mol. The van der Waals surface area contributed by atoms with Gasteiger partial charge in [-0.2, -0.15) is 0 Å². The maximum Gasteiger partial charge on any atom is 0.222 e. The number of unbranched alkanes of at least 4 members (excludes halogenated alkanes) is 8. The molecule has 1 spiro atoms. The number of nitrogens with zero attached hydrogens (tertiary/aromatic N) is 2. The highest BCUT2D eigenvalue weighted by Gasteiger charge is 2.66. The predicted molar refractivity (Wildman–Crippen MR) is 213 cm³/mol.